The predicted molar refractivity (Wildman–Crippen MR) is 71.8 cm³/mol. The van der Waals surface area contributed by atoms with Crippen molar-refractivity contribution in [3.63, 3.8) is 0 Å². The van der Waals surface area contributed by atoms with Gasteiger partial charge in [0.1, 0.15) is 11.7 Å². The maximum absolute atomic E-state index is 11.7. The molecule has 2 N–H and O–H groups in total. The zero-order valence-electron chi connectivity index (χ0n) is 12.2. The van der Waals surface area contributed by atoms with E-state index in [1.165, 1.54) is 13.3 Å². The van der Waals surface area contributed by atoms with Crippen molar-refractivity contribution < 1.29 is 19.4 Å². The Balaban J connectivity index is 2.57. The van der Waals surface area contributed by atoms with E-state index >= 15 is 0 Å². The molecule has 0 aliphatic heterocycles. The fraction of sp³-hybridized carbons (Fsp3) is 0.857. The van der Waals surface area contributed by atoms with E-state index in [1.807, 2.05) is 0 Å². The van der Waals surface area contributed by atoms with Crippen molar-refractivity contribution in [1.82, 2.24) is 5.32 Å². The van der Waals surface area contributed by atoms with Crippen molar-refractivity contribution in [3.05, 3.63) is 0 Å². The SMILES string of the molecule is CC(=O)[C@H](O)[C@@H](CC1CCC1)NC(=O)OC(C)(C)C. The van der Waals surface area contributed by atoms with Crippen molar-refractivity contribution in [1.29, 1.82) is 0 Å². The van der Waals surface area contributed by atoms with E-state index in [-0.39, 0.29) is 5.78 Å². The number of aliphatic hydroxyl groups excluding tert-OH is 1. The highest BCUT2D eigenvalue weighted by Gasteiger charge is 2.31. The lowest BCUT2D eigenvalue weighted by atomic mass is 9.79. The molecule has 1 aliphatic rings. The van der Waals surface area contributed by atoms with Gasteiger partial charge in [0.05, 0.1) is 6.04 Å². The van der Waals surface area contributed by atoms with E-state index in [0.29, 0.717) is 12.3 Å². The van der Waals surface area contributed by atoms with Crippen molar-refractivity contribution in [2.24, 2.45) is 5.92 Å². The van der Waals surface area contributed by atoms with Gasteiger partial charge in [-0.25, -0.2) is 4.79 Å². The molecule has 5 heteroatoms. The van der Waals surface area contributed by atoms with Crippen molar-refractivity contribution >= 4 is 11.9 Å². The Bertz CT molecular complexity index is 331. The summed E-state index contributed by atoms with van der Waals surface area (Å²) in [4.78, 5) is 23.0. The molecule has 0 aromatic carbocycles. The minimum atomic E-state index is -1.16. The highest BCUT2D eigenvalue weighted by atomic mass is 16.6. The zero-order chi connectivity index (χ0) is 14.6. The number of carbonyl (C=O) groups is 2. The van der Waals surface area contributed by atoms with E-state index in [9.17, 15) is 14.7 Å². The van der Waals surface area contributed by atoms with Crippen LogP contribution in [0.1, 0.15) is 53.4 Å². The first-order chi connectivity index (χ1) is 8.69. The van der Waals surface area contributed by atoms with Gasteiger partial charge in [-0.2, -0.15) is 0 Å². The summed E-state index contributed by atoms with van der Waals surface area (Å²) in [5.74, 6) is 0.148. The molecule has 1 amide bonds. The van der Waals surface area contributed by atoms with Crippen molar-refractivity contribution in [3.8, 4) is 0 Å². The van der Waals surface area contributed by atoms with Crippen LogP contribution in [0.25, 0.3) is 0 Å². The number of hydrogen-bond donors (Lipinski definition) is 2. The van der Waals surface area contributed by atoms with Crippen LogP contribution in [0.4, 0.5) is 4.79 Å². The second-order valence-electron chi connectivity index (χ2n) is 6.34. The highest BCUT2D eigenvalue weighted by molar-refractivity contribution is 5.81. The molecule has 0 radical (unpaired) electrons. The molecule has 0 bridgehead atoms. The molecule has 5 nitrogen and oxygen atoms in total. The lowest BCUT2D eigenvalue weighted by Gasteiger charge is -2.32. The van der Waals surface area contributed by atoms with Crippen LogP contribution in [-0.2, 0) is 9.53 Å². The van der Waals surface area contributed by atoms with E-state index in [1.54, 1.807) is 20.8 Å². The quantitative estimate of drug-likeness (QED) is 0.802. The highest BCUT2D eigenvalue weighted by Crippen LogP contribution is 2.31. The van der Waals surface area contributed by atoms with Gasteiger partial charge in [-0.05, 0) is 40.0 Å². The summed E-state index contributed by atoms with van der Waals surface area (Å²) in [6.45, 7) is 6.65. The molecule has 1 aliphatic carbocycles. The third-order valence-electron chi connectivity index (χ3n) is 3.31. The predicted octanol–water partition coefficient (Wildman–Crippen LogP) is 2.02. The van der Waals surface area contributed by atoms with Crippen molar-refractivity contribution in [2.75, 3.05) is 0 Å². The average molecular weight is 271 g/mol. The smallest absolute Gasteiger partial charge is 0.407 e. The molecule has 0 aromatic heterocycles. The van der Waals surface area contributed by atoms with Crippen LogP contribution in [0.5, 0.6) is 0 Å². The summed E-state index contributed by atoms with van der Waals surface area (Å²) in [5.41, 5.74) is -0.591. The Morgan fingerprint density at radius 2 is 1.95 bits per heavy atom. The van der Waals surface area contributed by atoms with Crippen LogP contribution < -0.4 is 5.32 Å². The Morgan fingerprint density at radius 3 is 2.32 bits per heavy atom. The van der Waals surface area contributed by atoms with E-state index in [4.69, 9.17) is 4.74 Å². The van der Waals surface area contributed by atoms with Crippen LogP contribution in [0.15, 0.2) is 0 Å². The third kappa shape index (κ3) is 5.59. The molecule has 0 spiro atoms. The maximum atomic E-state index is 11.7. The van der Waals surface area contributed by atoms with Gasteiger partial charge in [0.2, 0.25) is 0 Å². The number of carbonyl (C=O) groups excluding carboxylic acids is 2. The molecule has 0 heterocycles. The number of rotatable bonds is 5. The number of hydrogen-bond acceptors (Lipinski definition) is 4. The molecule has 19 heavy (non-hydrogen) atoms. The summed E-state index contributed by atoms with van der Waals surface area (Å²) in [5, 5.41) is 12.5. The largest absolute Gasteiger partial charge is 0.444 e. The Hall–Kier alpha value is -1.10. The van der Waals surface area contributed by atoms with Crippen LogP contribution in [0.3, 0.4) is 0 Å². The molecule has 110 valence electrons. The first-order valence-electron chi connectivity index (χ1n) is 6.87. The standard InChI is InChI=1S/C14H25NO4/c1-9(16)12(17)11(8-10-6-5-7-10)15-13(18)19-14(2,3)4/h10-12,17H,5-8H2,1-4H3,(H,15,18)/t11-,12+/m1/s1. The molecule has 2 atom stereocenters. The van der Waals surface area contributed by atoms with Crippen LogP contribution >= 0.6 is 0 Å². The third-order valence-corrected chi connectivity index (χ3v) is 3.31. The number of nitrogens with one attached hydrogen (secondary N) is 1. The normalized spacial score (nSPS) is 19.2. The topological polar surface area (TPSA) is 75.6 Å². The Labute approximate surface area is 114 Å². The average Bonchev–Trinajstić information content (AvgIpc) is 2.17. The number of amides is 1. The Kier molecular flexibility index (Phi) is 5.35. The summed E-state index contributed by atoms with van der Waals surface area (Å²) in [6.07, 6.45) is 2.25. The fourth-order valence-corrected chi connectivity index (χ4v) is 2.10. The van der Waals surface area contributed by atoms with Gasteiger partial charge in [-0.15, -0.1) is 0 Å². The van der Waals surface area contributed by atoms with Crippen LogP contribution in [0, 0.1) is 5.92 Å². The molecule has 1 saturated carbocycles. The van der Waals surface area contributed by atoms with Gasteiger partial charge in [-0.1, -0.05) is 19.3 Å². The van der Waals surface area contributed by atoms with Crippen LogP contribution in [-0.4, -0.2) is 34.7 Å². The minimum Gasteiger partial charge on any atom is -0.444 e. The first-order valence-corrected chi connectivity index (χ1v) is 6.87. The molecular formula is C14H25NO4. The van der Waals surface area contributed by atoms with E-state index in [0.717, 1.165) is 12.8 Å². The van der Waals surface area contributed by atoms with Gasteiger partial charge >= 0.3 is 6.09 Å². The summed E-state index contributed by atoms with van der Waals surface area (Å²) in [7, 11) is 0. The lowest BCUT2D eigenvalue weighted by molar-refractivity contribution is -0.126. The molecule has 0 aromatic rings. The number of Topliss-reactive ketones (excluding diaryl/α,β-unsaturated/α-hetero) is 1. The number of alkyl carbamates (subject to hydrolysis) is 1. The van der Waals surface area contributed by atoms with Gasteiger partial charge in [0, 0.05) is 0 Å². The summed E-state index contributed by atoms with van der Waals surface area (Å²) >= 11 is 0. The lowest BCUT2D eigenvalue weighted by Crippen LogP contribution is -2.49. The summed E-state index contributed by atoms with van der Waals surface area (Å²) in [6, 6.07) is -0.558. The number of ether oxygens (including phenoxy) is 1. The van der Waals surface area contributed by atoms with E-state index < -0.39 is 23.8 Å². The number of ketones is 1. The first kappa shape index (κ1) is 16.0. The maximum Gasteiger partial charge on any atom is 0.407 e. The monoisotopic (exact) mass is 271 g/mol. The van der Waals surface area contributed by atoms with Crippen LogP contribution in [0.2, 0.25) is 0 Å². The van der Waals surface area contributed by atoms with Gasteiger partial charge in [0.25, 0.3) is 0 Å². The second kappa shape index (κ2) is 6.37. The molecular weight excluding hydrogens is 246 g/mol. The summed E-state index contributed by atoms with van der Waals surface area (Å²) < 4.78 is 5.16. The van der Waals surface area contributed by atoms with E-state index in [2.05, 4.69) is 5.32 Å². The zero-order valence-corrected chi connectivity index (χ0v) is 12.2. The second-order valence-corrected chi connectivity index (χ2v) is 6.34. The van der Waals surface area contributed by atoms with Gasteiger partial charge in [0.15, 0.2) is 5.78 Å². The number of aliphatic hydroxyl groups is 1. The van der Waals surface area contributed by atoms with Crippen molar-refractivity contribution in [2.45, 2.75) is 71.1 Å². The molecule has 0 unspecified atom stereocenters. The Morgan fingerprint density at radius 1 is 1.37 bits per heavy atom. The fourth-order valence-electron chi connectivity index (χ4n) is 2.10. The molecule has 0 saturated heterocycles. The van der Waals surface area contributed by atoms with Gasteiger partial charge < -0.3 is 15.2 Å². The molecule has 1 fully saturated rings. The van der Waals surface area contributed by atoms with Gasteiger partial charge in [-0.3, -0.25) is 4.79 Å². The minimum absolute atomic E-state index is 0.333. The molecule has 1 rings (SSSR count).